The average molecular weight is 236 g/mol. The Kier molecular flexibility index (Phi) is 4.17. The molecule has 0 aromatic heterocycles. The van der Waals surface area contributed by atoms with Gasteiger partial charge in [0.2, 0.25) is 0 Å². The summed E-state index contributed by atoms with van der Waals surface area (Å²) in [6, 6.07) is 1.82. The van der Waals surface area contributed by atoms with Gasteiger partial charge in [0.25, 0.3) is 0 Å². The molecule has 0 aliphatic rings. The van der Waals surface area contributed by atoms with Crippen molar-refractivity contribution >= 4 is 22.6 Å². The van der Waals surface area contributed by atoms with E-state index in [1.54, 1.807) is 0 Å². The molecule has 3 N–H and O–H groups in total. The molecule has 0 fully saturated rings. The summed E-state index contributed by atoms with van der Waals surface area (Å²) in [6.45, 7) is 0. The highest BCUT2D eigenvalue weighted by molar-refractivity contribution is 14.1. The van der Waals surface area contributed by atoms with E-state index >= 15 is 0 Å². The van der Waals surface area contributed by atoms with Crippen molar-refractivity contribution in [1.82, 2.24) is 0 Å². The van der Waals surface area contributed by atoms with Crippen molar-refractivity contribution in [3.8, 4) is 6.07 Å². The molecule has 0 aromatic rings. The van der Waals surface area contributed by atoms with Crippen LogP contribution in [0.3, 0.4) is 0 Å². The molecule has 0 aromatic carbocycles. The molecule has 9 heavy (non-hydrogen) atoms. The SMILES string of the molecule is N#C/C(=C/N=N)C(N)I. The second kappa shape index (κ2) is 4.40. The lowest BCUT2D eigenvalue weighted by molar-refractivity contribution is 1.08. The van der Waals surface area contributed by atoms with Crippen molar-refractivity contribution in [2.24, 2.45) is 10.8 Å². The first-order valence-electron chi connectivity index (χ1n) is 2.08. The highest BCUT2D eigenvalue weighted by atomic mass is 127. The lowest BCUT2D eigenvalue weighted by Crippen LogP contribution is -2.12. The van der Waals surface area contributed by atoms with Crippen molar-refractivity contribution in [3.63, 3.8) is 0 Å². The van der Waals surface area contributed by atoms with Crippen molar-refractivity contribution in [2.45, 2.75) is 4.05 Å². The van der Waals surface area contributed by atoms with Gasteiger partial charge >= 0.3 is 0 Å². The number of halogens is 1. The third kappa shape index (κ3) is 3.16. The molecule has 0 bridgehead atoms. The Labute approximate surface area is 66.4 Å². The molecule has 48 valence electrons. The summed E-state index contributed by atoms with van der Waals surface area (Å²) in [4.78, 5) is 0. The molecule has 0 rings (SSSR count). The van der Waals surface area contributed by atoms with Gasteiger partial charge in [0.1, 0.15) is 0 Å². The van der Waals surface area contributed by atoms with Crippen molar-refractivity contribution in [3.05, 3.63) is 11.8 Å². The van der Waals surface area contributed by atoms with Crippen LogP contribution in [0.4, 0.5) is 0 Å². The summed E-state index contributed by atoms with van der Waals surface area (Å²) in [5.74, 6) is 0. The molecular weight excluding hydrogens is 231 g/mol. The molecule has 0 aliphatic carbocycles. The first-order valence-corrected chi connectivity index (χ1v) is 3.33. The van der Waals surface area contributed by atoms with Crippen molar-refractivity contribution in [2.75, 3.05) is 0 Å². The topological polar surface area (TPSA) is 86.0 Å². The first kappa shape index (κ1) is 8.52. The summed E-state index contributed by atoms with van der Waals surface area (Å²) in [7, 11) is 0. The minimum atomic E-state index is -0.360. The van der Waals surface area contributed by atoms with Gasteiger partial charge in [-0.2, -0.15) is 10.4 Å². The van der Waals surface area contributed by atoms with Crippen molar-refractivity contribution in [1.29, 1.82) is 10.8 Å². The second-order valence-corrected chi connectivity index (χ2v) is 2.57. The van der Waals surface area contributed by atoms with Crippen LogP contribution in [-0.2, 0) is 0 Å². The third-order valence-corrected chi connectivity index (χ3v) is 1.30. The van der Waals surface area contributed by atoms with Crippen LogP contribution in [0.2, 0.25) is 0 Å². The van der Waals surface area contributed by atoms with Gasteiger partial charge in [0, 0.05) is 0 Å². The fourth-order valence-electron chi connectivity index (χ4n) is 0.231. The molecule has 0 amide bonds. The van der Waals surface area contributed by atoms with Gasteiger partial charge in [-0.05, 0) is 0 Å². The Hall–Kier alpha value is -0.480. The normalized spacial score (nSPS) is 14.1. The summed E-state index contributed by atoms with van der Waals surface area (Å²) in [6.07, 6.45) is 1.14. The third-order valence-electron chi connectivity index (χ3n) is 0.630. The molecule has 0 spiro atoms. The van der Waals surface area contributed by atoms with Gasteiger partial charge < -0.3 is 5.73 Å². The van der Waals surface area contributed by atoms with E-state index in [4.69, 9.17) is 16.5 Å². The Morgan fingerprint density at radius 1 is 2.00 bits per heavy atom. The predicted octanol–water partition coefficient (Wildman–Crippen LogP) is 1.14. The molecule has 0 radical (unpaired) electrons. The van der Waals surface area contributed by atoms with E-state index in [-0.39, 0.29) is 4.05 Å². The van der Waals surface area contributed by atoms with Gasteiger partial charge in [-0.25, -0.2) is 5.53 Å². The zero-order valence-corrected chi connectivity index (χ0v) is 6.66. The number of nitrogens with one attached hydrogen (secondary N) is 1. The van der Waals surface area contributed by atoms with E-state index in [9.17, 15) is 0 Å². The van der Waals surface area contributed by atoms with Crippen LogP contribution < -0.4 is 5.73 Å². The monoisotopic (exact) mass is 236 g/mol. The largest absolute Gasteiger partial charge is 0.315 e. The van der Waals surface area contributed by atoms with E-state index in [0.29, 0.717) is 5.57 Å². The van der Waals surface area contributed by atoms with Crippen LogP contribution in [0, 0.1) is 16.9 Å². The van der Waals surface area contributed by atoms with E-state index in [1.807, 2.05) is 28.7 Å². The molecule has 0 aliphatic heterocycles. The summed E-state index contributed by atoms with van der Waals surface area (Å²) in [5, 5.41) is 11.2. The number of nitriles is 1. The maximum absolute atomic E-state index is 8.28. The summed E-state index contributed by atoms with van der Waals surface area (Å²) < 4.78 is -0.360. The quantitative estimate of drug-likeness (QED) is 0.247. The van der Waals surface area contributed by atoms with Gasteiger partial charge in [-0.3, -0.25) is 0 Å². The fraction of sp³-hybridized carbons (Fsp3) is 0.250. The smallest absolute Gasteiger partial charge is 0.0989 e. The number of nitrogens with two attached hydrogens (primary N) is 1. The van der Waals surface area contributed by atoms with Crippen LogP contribution in [0.25, 0.3) is 0 Å². The van der Waals surface area contributed by atoms with Crippen LogP contribution in [0.15, 0.2) is 16.9 Å². The number of hydrogen-bond donors (Lipinski definition) is 2. The maximum atomic E-state index is 8.28. The number of hydrogen-bond acceptors (Lipinski definition) is 4. The van der Waals surface area contributed by atoms with E-state index in [0.717, 1.165) is 6.20 Å². The van der Waals surface area contributed by atoms with Crippen molar-refractivity contribution < 1.29 is 0 Å². The molecular formula is C4H5IN4. The van der Waals surface area contributed by atoms with E-state index in [2.05, 4.69) is 5.11 Å². The Morgan fingerprint density at radius 2 is 2.56 bits per heavy atom. The average Bonchev–Trinajstić information content (AvgIpc) is 1.82. The minimum absolute atomic E-state index is 0.311. The first-order chi connectivity index (χ1) is 4.22. The fourth-order valence-corrected chi connectivity index (χ4v) is 0.531. The van der Waals surface area contributed by atoms with Crippen LogP contribution in [0.5, 0.6) is 0 Å². The van der Waals surface area contributed by atoms with Gasteiger partial charge in [-0.15, -0.1) is 0 Å². The zero-order valence-electron chi connectivity index (χ0n) is 4.50. The molecule has 5 heteroatoms. The van der Waals surface area contributed by atoms with E-state index < -0.39 is 0 Å². The standard InChI is InChI=1S/C4H5IN4/c5-4(7)3(1-6)2-9-8/h2,4,8H,7H2/b3-2-,9-8?. The molecule has 0 heterocycles. The molecule has 0 saturated heterocycles. The van der Waals surface area contributed by atoms with Gasteiger partial charge in [-0.1, -0.05) is 22.6 Å². The molecule has 1 unspecified atom stereocenters. The zero-order chi connectivity index (χ0) is 7.28. The Bertz CT molecular complexity index is 166. The van der Waals surface area contributed by atoms with Crippen LogP contribution in [0.1, 0.15) is 0 Å². The van der Waals surface area contributed by atoms with Gasteiger partial charge in [0.15, 0.2) is 0 Å². The number of alkyl halides is 1. The second-order valence-electron chi connectivity index (χ2n) is 1.23. The summed E-state index contributed by atoms with van der Waals surface area (Å²) in [5.41, 5.74) is 12.0. The maximum Gasteiger partial charge on any atom is 0.0989 e. The van der Waals surface area contributed by atoms with Gasteiger partial charge in [0.05, 0.1) is 21.9 Å². The molecule has 0 saturated carbocycles. The highest BCUT2D eigenvalue weighted by Gasteiger charge is 2.01. The molecule has 1 atom stereocenters. The van der Waals surface area contributed by atoms with E-state index in [1.165, 1.54) is 0 Å². The predicted molar refractivity (Wildman–Crippen MR) is 40.8 cm³/mol. The Morgan fingerprint density at radius 3 is 2.67 bits per heavy atom. The highest BCUT2D eigenvalue weighted by Crippen LogP contribution is 2.04. The molecule has 4 nitrogen and oxygen atoms in total. The number of nitrogens with zero attached hydrogens (tertiary/aromatic N) is 2. The lowest BCUT2D eigenvalue weighted by Gasteiger charge is -1.95. The lowest BCUT2D eigenvalue weighted by atomic mass is 10.3. The number of rotatable bonds is 2. The Balaban J connectivity index is 4.19. The van der Waals surface area contributed by atoms with Crippen LogP contribution in [-0.4, -0.2) is 4.05 Å². The van der Waals surface area contributed by atoms with Crippen LogP contribution >= 0.6 is 22.6 Å². The minimum Gasteiger partial charge on any atom is -0.315 e. The summed E-state index contributed by atoms with van der Waals surface area (Å²) >= 11 is 1.87.